The average Bonchev–Trinajstić information content (AvgIpc) is 3.36. The van der Waals surface area contributed by atoms with Crippen LogP contribution in [0.4, 0.5) is 5.69 Å². The number of non-ortho nitro benzene ring substituents is 1. The van der Waals surface area contributed by atoms with E-state index in [0.29, 0.717) is 28.3 Å². The molecule has 0 aliphatic heterocycles. The molecule has 0 fully saturated rings. The van der Waals surface area contributed by atoms with Gasteiger partial charge in [0.2, 0.25) is 0 Å². The molecule has 0 aliphatic rings. The largest absolute Gasteiger partial charge is 0.454 e. The van der Waals surface area contributed by atoms with Crippen molar-refractivity contribution in [1.82, 2.24) is 9.78 Å². The maximum atomic E-state index is 10.8. The number of benzene rings is 2. The molecule has 8 heteroatoms. The molecule has 1 N–H and O–H groups in total. The van der Waals surface area contributed by atoms with Crippen LogP contribution in [0.15, 0.2) is 82.5 Å². The van der Waals surface area contributed by atoms with Crippen LogP contribution >= 0.6 is 0 Å². The van der Waals surface area contributed by atoms with Crippen LogP contribution in [-0.2, 0) is 0 Å². The summed E-state index contributed by atoms with van der Waals surface area (Å²) in [5.74, 6) is 1.03. The molecule has 2 aromatic heterocycles. The number of nitrogens with zero attached hydrogens (tertiary/aromatic N) is 4. The van der Waals surface area contributed by atoms with Gasteiger partial charge >= 0.3 is 0 Å². The van der Waals surface area contributed by atoms with Crippen molar-refractivity contribution < 1.29 is 14.5 Å². The van der Waals surface area contributed by atoms with E-state index in [1.807, 2.05) is 30.3 Å². The number of furan rings is 1. The highest BCUT2D eigenvalue weighted by Crippen LogP contribution is 2.30. The lowest BCUT2D eigenvalue weighted by Gasteiger charge is -1.99. The first-order chi connectivity index (χ1) is 13.7. The van der Waals surface area contributed by atoms with Crippen LogP contribution in [0.5, 0.6) is 0 Å². The average molecular weight is 374 g/mol. The van der Waals surface area contributed by atoms with Gasteiger partial charge < -0.3 is 9.62 Å². The van der Waals surface area contributed by atoms with E-state index in [1.165, 1.54) is 18.3 Å². The van der Waals surface area contributed by atoms with E-state index in [4.69, 9.17) is 9.62 Å². The van der Waals surface area contributed by atoms with E-state index in [9.17, 15) is 10.1 Å². The highest BCUT2D eigenvalue weighted by Gasteiger charge is 2.16. The second-order valence-electron chi connectivity index (χ2n) is 5.93. The number of hydrogen-bond donors (Lipinski definition) is 1. The molecule has 2 aromatic carbocycles. The Bertz CT molecular complexity index is 1140. The maximum Gasteiger partial charge on any atom is 0.269 e. The van der Waals surface area contributed by atoms with Crippen molar-refractivity contribution in [3.63, 3.8) is 0 Å². The van der Waals surface area contributed by atoms with E-state index >= 15 is 0 Å². The third-order valence-corrected chi connectivity index (χ3v) is 4.16. The summed E-state index contributed by atoms with van der Waals surface area (Å²) in [7, 11) is 0. The molecule has 0 atom stereocenters. The Morgan fingerprint density at radius 3 is 2.43 bits per heavy atom. The van der Waals surface area contributed by atoms with Crippen LogP contribution in [0.2, 0.25) is 0 Å². The summed E-state index contributed by atoms with van der Waals surface area (Å²) >= 11 is 0. The SMILES string of the molecule is O=[N+]([O-])c1ccc(-c2ccc(-c3nn(-c4ccccc4)cc3/C=N\O)o2)cc1. The van der Waals surface area contributed by atoms with Crippen LogP contribution in [-0.4, -0.2) is 26.1 Å². The van der Waals surface area contributed by atoms with Gasteiger partial charge in [0.05, 0.1) is 16.8 Å². The Hall–Kier alpha value is -4.20. The van der Waals surface area contributed by atoms with Crippen LogP contribution in [0.3, 0.4) is 0 Å². The fourth-order valence-corrected chi connectivity index (χ4v) is 2.82. The highest BCUT2D eigenvalue weighted by atomic mass is 16.6. The highest BCUT2D eigenvalue weighted by molar-refractivity contribution is 5.87. The Morgan fingerprint density at radius 1 is 1.04 bits per heavy atom. The molecule has 4 rings (SSSR count). The van der Waals surface area contributed by atoms with Gasteiger partial charge in [0.1, 0.15) is 11.5 Å². The Morgan fingerprint density at radius 2 is 1.75 bits per heavy atom. The summed E-state index contributed by atoms with van der Waals surface area (Å²) in [5, 5.41) is 27.4. The summed E-state index contributed by atoms with van der Waals surface area (Å²) in [4.78, 5) is 10.3. The maximum absolute atomic E-state index is 10.8. The number of para-hydroxylation sites is 1. The van der Waals surface area contributed by atoms with Gasteiger partial charge in [-0.3, -0.25) is 10.1 Å². The van der Waals surface area contributed by atoms with E-state index in [-0.39, 0.29) is 5.69 Å². The van der Waals surface area contributed by atoms with Gasteiger partial charge in [-0.05, 0) is 36.4 Å². The van der Waals surface area contributed by atoms with Crippen LogP contribution in [0.25, 0.3) is 28.5 Å². The topological polar surface area (TPSA) is 107 Å². The number of oxime groups is 1. The normalized spacial score (nSPS) is 11.1. The molecule has 2 heterocycles. The van der Waals surface area contributed by atoms with Gasteiger partial charge in [0, 0.05) is 29.5 Å². The van der Waals surface area contributed by atoms with Gasteiger partial charge in [-0.1, -0.05) is 23.4 Å². The number of nitro benzene ring substituents is 1. The van der Waals surface area contributed by atoms with Gasteiger partial charge in [0.15, 0.2) is 5.76 Å². The van der Waals surface area contributed by atoms with Crippen LogP contribution in [0.1, 0.15) is 5.56 Å². The van der Waals surface area contributed by atoms with E-state index in [2.05, 4.69) is 10.3 Å². The van der Waals surface area contributed by atoms with Crippen molar-refractivity contribution >= 4 is 11.9 Å². The smallest absolute Gasteiger partial charge is 0.269 e. The molecule has 0 amide bonds. The summed E-state index contributed by atoms with van der Waals surface area (Å²) in [6.45, 7) is 0. The predicted octanol–water partition coefficient (Wildman–Crippen LogP) is 4.52. The number of nitro groups is 1. The molecule has 0 radical (unpaired) electrons. The Balaban J connectivity index is 1.71. The number of rotatable bonds is 5. The minimum absolute atomic E-state index is 0.0126. The molecule has 0 saturated carbocycles. The molecule has 0 saturated heterocycles. The lowest BCUT2D eigenvalue weighted by molar-refractivity contribution is -0.384. The molecule has 0 bridgehead atoms. The quantitative estimate of drug-likeness (QED) is 0.239. The van der Waals surface area contributed by atoms with Crippen LogP contribution < -0.4 is 0 Å². The third-order valence-electron chi connectivity index (χ3n) is 4.16. The molecule has 0 spiro atoms. The van der Waals surface area contributed by atoms with E-state index < -0.39 is 4.92 Å². The van der Waals surface area contributed by atoms with Crippen molar-refractivity contribution in [3.8, 4) is 28.5 Å². The lowest BCUT2D eigenvalue weighted by Crippen LogP contribution is -1.93. The zero-order valence-corrected chi connectivity index (χ0v) is 14.5. The van der Waals surface area contributed by atoms with Crippen LogP contribution in [0, 0.1) is 10.1 Å². The van der Waals surface area contributed by atoms with Crippen molar-refractivity contribution in [2.75, 3.05) is 0 Å². The monoisotopic (exact) mass is 374 g/mol. The van der Waals surface area contributed by atoms with E-state index in [0.717, 1.165) is 5.69 Å². The van der Waals surface area contributed by atoms with Crippen molar-refractivity contribution in [2.24, 2.45) is 5.16 Å². The molecule has 0 aliphatic carbocycles. The molecule has 28 heavy (non-hydrogen) atoms. The molecular weight excluding hydrogens is 360 g/mol. The molecule has 0 unspecified atom stereocenters. The Kier molecular flexibility index (Phi) is 4.43. The van der Waals surface area contributed by atoms with Gasteiger partial charge in [-0.25, -0.2) is 4.68 Å². The summed E-state index contributed by atoms with van der Waals surface area (Å²) in [5.41, 5.74) is 2.66. The predicted molar refractivity (Wildman–Crippen MR) is 103 cm³/mol. The van der Waals surface area contributed by atoms with Gasteiger partial charge in [-0.15, -0.1) is 0 Å². The third kappa shape index (κ3) is 3.26. The van der Waals surface area contributed by atoms with Gasteiger partial charge in [0.25, 0.3) is 5.69 Å². The first-order valence-corrected chi connectivity index (χ1v) is 8.33. The first-order valence-electron chi connectivity index (χ1n) is 8.33. The zero-order chi connectivity index (χ0) is 19.5. The van der Waals surface area contributed by atoms with E-state index in [1.54, 1.807) is 35.1 Å². The van der Waals surface area contributed by atoms with Crippen molar-refractivity contribution in [2.45, 2.75) is 0 Å². The summed E-state index contributed by atoms with van der Waals surface area (Å²) in [6.07, 6.45) is 3.02. The van der Waals surface area contributed by atoms with Crippen molar-refractivity contribution in [1.29, 1.82) is 0 Å². The number of aromatic nitrogens is 2. The summed E-state index contributed by atoms with van der Waals surface area (Å²) in [6, 6.07) is 19.1. The second kappa shape index (κ2) is 7.20. The minimum atomic E-state index is -0.450. The molecule has 8 nitrogen and oxygen atoms in total. The standard InChI is InChI=1S/C20H14N4O4/c25-21-12-15-13-23(16-4-2-1-3-5-16)22-20(15)19-11-10-18(28-19)14-6-8-17(9-7-14)24(26)27/h1-13,25H/b21-12-. The molecule has 4 aromatic rings. The Labute approximate surface area is 159 Å². The summed E-state index contributed by atoms with van der Waals surface area (Å²) < 4.78 is 7.57. The van der Waals surface area contributed by atoms with Gasteiger partial charge in [-0.2, -0.15) is 5.10 Å². The van der Waals surface area contributed by atoms with Crippen molar-refractivity contribution in [3.05, 3.63) is 88.6 Å². The first kappa shape index (κ1) is 17.2. The number of hydrogen-bond acceptors (Lipinski definition) is 6. The fraction of sp³-hybridized carbons (Fsp3) is 0. The lowest BCUT2D eigenvalue weighted by atomic mass is 10.1. The second-order valence-corrected chi connectivity index (χ2v) is 5.93. The molecular formula is C20H14N4O4. The molecule has 138 valence electrons. The zero-order valence-electron chi connectivity index (χ0n) is 14.5. The fourth-order valence-electron chi connectivity index (χ4n) is 2.82. The minimum Gasteiger partial charge on any atom is -0.454 e.